The molecule has 0 unspecified atom stereocenters. The summed E-state index contributed by atoms with van der Waals surface area (Å²) in [7, 11) is 0. The molecule has 76 valence electrons. The van der Waals surface area contributed by atoms with Gasteiger partial charge < -0.3 is 4.74 Å². The van der Waals surface area contributed by atoms with E-state index in [4.69, 9.17) is 4.74 Å². The van der Waals surface area contributed by atoms with Gasteiger partial charge in [0.25, 0.3) is 0 Å². The number of allylic oxidation sites excluding steroid dienone is 1. The van der Waals surface area contributed by atoms with Crippen molar-refractivity contribution >= 4 is 0 Å². The Balaban J connectivity index is 1.77. The van der Waals surface area contributed by atoms with Crippen molar-refractivity contribution < 1.29 is 4.74 Å². The molecular weight excluding hydrogens is 172 g/mol. The lowest BCUT2D eigenvalue weighted by atomic mass is 9.69. The van der Waals surface area contributed by atoms with Crippen LogP contribution in [-0.4, -0.2) is 11.7 Å². The molecule has 0 amide bonds. The minimum atomic E-state index is 0.286. The molecule has 0 N–H and O–H groups in total. The molecular formula is C13H18O. The van der Waals surface area contributed by atoms with Gasteiger partial charge in [-0.25, -0.2) is 0 Å². The summed E-state index contributed by atoms with van der Waals surface area (Å²) in [4.78, 5) is 0. The third kappa shape index (κ3) is 0.501. The van der Waals surface area contributed by atoms with E-state index in [0.717, 1.165) is 17.8 Å². The van der Waals surface area contributed by atoms with Crippen molar-refractivity contribution in [3.8, 4) is 0 Å². The highest BCUT2D eigenvalue weighted by Crippen LogP contribution is 2.83. The van der Waals surface area contributed by atoms with Crippen LogP contribution in [0.3, 0.4) is 0 Å². The summed E-state index contributed by atoms with van der Waals surface area (Å²) in [6, 6.07) is 0. The maximum atomic E-state index is 6.14. The number of rotatable bonds is 3. The van der Waals surface area contributed by atoms with E-state index in [2.05, 4.69) is 19.6 Å². The van der Waals surface area contributed by atoms with Gasteiger partial charge in [-0.3, -0.25) is 0 Å². The second kappa shape index (κ2) is 1.97. The molecule has 1 nitrogen and oxygen atoms in total. The van der Waals surface area contributed by atoms with Crippen LogP contribution in [-0.2, 0) is 4.74 Å². The Bertz CT molecular complexity index is 321. The summed E-state index contributed by atoms with van der Waals surface area (Å²) < 4.78 is 6.14. The SMILES string of the molecule is C=CCC[C@]12C[C@@H]3C[C@H]1[C@@H]1O[C@@]2(C)[C@H]31. The van der Waals surface area contributed by atoms with Crippen LogP contribution >= 0.6 is 0 Å². The molecule has 1 heteroatoms. The zero-order valence-electron chi connectivity index (χ0n) is 8.83. The van der Waals surface area contributed by atoms with Crippen LogP contribution in [0.25, 0.3) is 0 Å². The van der Waals surface area contributed by atoms with Crippen molar-refractivity contribution in [3.05, 3.63) is 12.7 Å². The maximum Gasteiger partial charge on any atom is 0.0773 e. The van der Waals surface area contributed by atoms with Gasteiger partial charge in [0.15, 0.2) is 0 Å². The standard InChI is InChI=1S/C13H18O/c1-3-4-5-13-7-8-6-9(13)11-10(8)12(13,2)14-11/h3,8-11H,1,4-7H2,2H3/t8-,9-,10+,11-,12-,13-/m0/s1. The van der Waals surface area contributed by atoms with E-state index in [1.807, 2.05) is 0 Å². The molecule has 5 rings (SSSR count). The van der Waals surface area contributed by atoms with Crippen LogP contribution in [0.2, 0.25) is 0 Å². The molecule has 1 aliphatic heterocycles. The number of ether oxygens (including phenoxy) is 1. The lowest BCUT2D eigenvalue weighted by Crippen LogP contribution is -2.52. The average molecular weight is 190 g/mol. The van der Waals surface area contributed by atoms with E-state index in [0.29, 0.717) is 11.5 Å². The maximum absolute atomic E-state index is 6.14. The normalized spacial score (nSPS) is 66.1. The zero-order chi connectivity index (χ0) is 9.55. The lowest BCUT2D eigenvalue weighted by Gasteiger charge is -2.46. The molecule has 4 saturated carbocycles. The Morgan fingerprint density at radius 3 is 3.00 bits per heavy atom. The summed E-state index contributed by atoms with van der Waals surface area (Å²) in [6.07, 6.45) is 8.20. The van der Waals surface area contributed by atoms with Crippen LogP contribution in [0.1, 0.15) is 32.6 Å². The van der Waals surface area contributed by atoms with Gasteiger partial charge in [0.2, 0.25) is 0 Å². The van der Waals surface area contributed by atoms with Crippen molar-refractivity contribution in [1.82, 2.24) is 0 Å². The Kier molecular flexibility index (Phi) is 1.12. The fourth-order valence-corrected chi connectivity index (χ4v) is 5.62. The van der Waals surface area contributed by atoms with E-state index < -0.39 is 0 Å². The predicted molar refractivity (Wildman–Crippen MR) is 54.8 cm³/mol. The molecule has 6 bridgehead atoms. The van der Waals surface area contributed by atoms with Crippen molar-refractivity contribution in [3.63, 3.8) is 0 Å². The average Bonchev–Trinajstić information content (AvgIpc) is 2.76. The third-order valence-corrected chi connectivity index (χ3v) is 5.95. The van der Waals surface area contributed by atoms with Crippen molar-refractivity contribution in [2.75, 3.05) is 0 Å². The molecule has 0 spiro atoms. The summed E-state index contributed by atoms with van der Waals surface area (Å²) in [6.45, 7) is 6.25. The molecule has 1 heterocycles. The second-order valence-corrected chi connectivity index (χ2v) is 6.01. The molecule has 0 aromatic rings. The number of hydrogen-bond acceptors (Lipinski definition) is 1. The van der Waals surface area contributed by atoms with E-state index in [1.165, 1.54) is 25.7 Å². The highest BCUT2D eigenvalue weighted by Gasteiger charge is 2.85. The fraction of sp³-hybridized carbons (Fsp3) is 0.846. The zero-order valence-corrected chi connectivity index (χ0v) is 8.83. The molecule has 0 aromatic carbocycles. The summed E-state index contributed by atoms with van der Waals surface area (Å²) in [5, 5.41) is 0. The molecule has 14 heavy (non-hydrogen) atoms. The summed E-state index contributed by atoms with van der Waals surface area (Å²) >= 11 is 0. The highest BCUT2D eigenvalue weighted by molar-refractivity contribution is 5.33. The number of hydrogen-bond donors (Lipinski definition) is 0. The smallest absolute Gasteiger partial charge is 0.0773 e. The van der Waals surface area contributed by atoms with Crippen LogP contribution in [0.4, 0.5) is 0 Å². The Hall–Kier alpha value is -0.300. The second-order valence-electron chi connectivity index (χ2n) is 6.01. The van der Waals surface area contributed by atoms with Gasteiger partial charge in [-0.05, 0) is 44.4 Å². The van der Waals surface area contributed by atoms with Gasteiger partial charge in [-0.15, -0.1) is 6.58 Å². The minimum absolute atomic E-state index is 0.286. The highest BCUT2D eigenvalue weighted by atomic mass is 16.6. The monoisotopic (exact) mass is 190 g/mol. The summed E-state index contributed by atoms with van der Waals surface area (Å²) in [5.41, 5.74) is 0.857. The van der Waals surface area contributed by atoms with Crippen molar-refractivity contribution in [2.24, 2.45) is 23.2 Å². The Morgan fingerprint density at radius 2 is 2.43 bits per heavy atom. The van der Waals surface area contributed by atoms with Crippen LogP contribution in [0.5, 0.6) is 0 Å². The van der Waals surface area contributed by atoms with Crippen molar-refractivity contribution in [1.29, 1.82) is 0 Å². The molecule has 5 fully saturated rings. The molecule has 0 radical (unpaired) electrons. The van der Waals surface area contributed by atoms with Crippen molar-refractivity contribution in [2.45, 2.75) is 44.3 Å². The van der Waals surface area contributed by atoms with E-state index >= 15 is 0 Å². The van der Waals surface area contributed by atoms with E-state index in [1.54, 1.807) is 0 Å². The predicted octanol–water partition coefficient (Wildman–Crippen LogP) is 2.77. The van der Waals surface area contributed by atoms with Gasteiger partial charge in [0.1, 0.15) is 0 Å². The first-order valence-corrected chi connectivity index (χ1v) is 6.02. The quantitative estimate of drug-likeness (QED) is 0.622. The molecule has 4 aliphatic carbocycles. The lowest BCUT2D eigenvalue weighted by molar-refractivity contribution is -0.209. The van der Waals surface area contributed by atoms with Crippen LogP contribution < -0.4 is 0 Å². The van der Waals surface area contributed by atoms with Gasteiger partial charge in [-0.2, -0.15) is 0 Å². The fourth-order valence-electron chi connectivity index (χ4n) is 5.62. The summed E-state index contributed by atoms with van der Waals surface area (Å²) in [5.74, 6) is 2.88. The van der Waals surface area contributed by atoms with E-state index in [-0.39, 0.29) is 5.60 Å². The van der Waals surface area contributed by atoms with Gasteiger partial charge in [0, 0.05) is 11.3 Å². The van der Waals surface area contributed by atoms with Crippen LogP contribution in [0, 0.1) is 23.2 Å². The first-order valence-electron chi connectivity index (χ1n) is 6.02. The van der Waals surface area contributed by atoms with Gasteiger partial charge in [-0.1, -0.05) is 6.08 Å². The van der Waals surface area contributed by atoms with Gasteiger partial charge >= 0.3 is 0 Å². The molecule has 0 aromatic heterocycles. The van der Waals surface area contributed by atoms with Gasteiger partial charge in [0.05, 0.1) is 11.7 Å². The third-order valence-electron chi connectivity index (χ3n) is 5.95. The Morgan fingerprint density at radius 1 is 1.57 bits per heavy atom. The molecule has 6 atom stereocenters. The first-order chi connectivity index (χ1) is 6.73. The molecule has 5 aliphatic rings. The topological polar surface area (TPSA) is 9.23 Å². The first kappa shape index (κ1) is 7.92. The minimum Gasteiger partial charge on any atom is -0.370 e. The van der Waals surface area contributed by atoms with E-state index in [9.17, 15) is 0 Å². The molecule has 1 saturated heterocycles. The largest absolute Gasteiger partial charge is 0.370 e. The Labute approximate surface area is 85.5 Å². The van der Waals surface area contributed by atoms with Crippen LogP contribution in [0.15, 0.2) is 12.7 Å².